The van der Waals surface area contributed by atoms with Gasteiger partial charge in [-0.3, -0.25) is 14.2 Å². The summed E-state index contributed by atoms with van der Waals surface area (Å²) in [6.07, 6.45) is 3.02. The van der Waals surface area contributed by atoms with Gasteiger partial charge >= 0.3 is 0 Å². The number of benzene rings is 1. The van der Waals surface area contributed by atoms with E-state index in [9.17, 15) is 9.59 Å². The summed E-state index contributed by atoms with van der Waals surface area (Å²) in [7, 11) is 0. The number of rotatable bonds is 4. The lowest BCUT2D eigenvalue weighted by Gasteiger charge is -2.16. The number of hydrogen-bond donors (Lipinski definition) is 0. The fourth-order valence-corrected chi connectivity index (χ4v) is 2.88. The van der Waals surface area contributed by atoms with Crippen molar-refractivity contribution in [3.8, 4) is 11.4 Å². The molecule has 7 nitrogen and oxygen atoms in total. The fourth-order valence-electron chi connectivity index (χ4n) is 2.88. The predicted molar refractivity (Wildman–Crippen MR) is 92.5 cm³/mol. The molecular weight excluding hydrogens is 318 g/mol. The molecule has 0 spiro atoms. The van der Waals surface area contributed by atoms with E-state index in [1.807, 2.05) is 23.1 Å². The molecule has 1 aromatic carbocycles. The van der Waals surface area contributed by atoms with Crippen LogP contribution in [-0.2, 0) is 6.54 Å². The average Bonchev–Trinajstić information content (AvgIpc) is 3.06. The number of Topliss-reactive ketones (excluding diaryl/α,β-unsaturated/α-hetero) is 1. The number of carbonyl (C=O) groups is 1. The highest BCUT2D eigenvalue weighted by Crippen LogP contribution is 2.21. The van der Waals surface area contributed by atoms with Crippen LogP contribution in [0.25, 0.3) is 11.4 Å². The van der Waals surface area contributed by atoms with Gasteiger partial charge in [-0.2, -0.15) is 0 Å². The van der Waals surface area contributed by atoms with Crippen molar-refractivity contribution in [1.29, 1.82) is 0 Å². The summed E-state index contributed by atoms with van der Waals surface area (Å²) in [6.45, 7) is 1.28. The van der Waals surface area contributed by atoms with Gasteiger partial charge in [-0.1, -0.05) is 30.3 Å². The van der Waals surface area contributed by atoms with Gasteiger partial charge in [-0.25, -0.2) is 15.0 Å². The molecule has 0 atom stereocenters. The summed E-state index contributed by atoms with van der Waals surface area (Å²) in [5, 5.41) is 0. The van der Waals surface area contributed by atoms with Crippen LogP contribution in [-0.4, -0.2) is 38.4 Å². The van der Waals surface area contributed by atoms with Crippen molar-refractivity contribution < 1.29 is 4.79 Å². The van der Waals surface area contributed by atoms with Gasteiger partial charge in [0.1, 0.15) is 6.33 Å². The van der Waals surface area contributed by atoms with E-state index in [1.165, 1.54) is 12.4 Å². The highest BCUT2D eigenvalue weighted by molar-refractivity contribution is 5.99. The third kappa shape index (κ3) is 2.91. The maximum atomic E-state index is 12.5. The third-order valence-corrected chi connectivity index (χ3v) is 4.14. The molecule has 0 aliphatic carbocycles. The number of aromatic nitrogens is 4. The van der Waals surface area contributed by atoms with Crippen molar-refractivity contribution in [2.75, 3.05) is 18.0 Å². The minimum atomic E-state index is -0.145. The largest absolute Gasteiger partial charge is 0.333 e. The van der Waals surface area contributed by atoms with Crippen LogP contribution in [0.4, 0.5) is 5.95 Å². The third-order valence-electron chi connectivity index (χ3n) is 4.14. The average molecular weight is 333 g/mol. The molecule has 3 heterocycles. The molecule has 0 radical (unpaired) electrons. The minimum Gasteiger partial charge on any atom is -0.333 e. The second kappa shape index (κ2) is 6.27. The zero-order valence-electron chi connectivity index (χ0n) is 13.4. The first-order chi connectivity index (χ1) is 12.2. The van der Waals surface area contributed by atoms with E-state index in [0.29, 0.717) is 36.0 Å². The Morgan fingerprint density at radius 2 is 1.92 bits per heavy atom. The topological polar surface area (TPSA) is 81.0 Å². The van der Waals surface area contributed by atoms with E-state index in [2.05, 4.69) is 15.0 Å². The quantitative estimate of drug-likeness (QED) is 0.672. The Balaban J connectivity index is 1.66. The number of anilines is 1. The normalized spacial score (nSPS) is 12.9. The van der Waals surface area contributed by atoms with Crippen molar-refractivity contribution in [2.24, 2.45) is 0 Å². The van der Waals surface area contributed by atoms with Gasteiger partial charge in [0.15, 0.2) is 5.78 Å². The van der Waals surface area contributed by atoms with Crippen molar-refractivity contribution in [2.45, 2.75) is 6.54 Å². The van der Waals surface area contributed by atoms with E-state index >= 15 is 0 Å². The van der Waals surface area contributed by atoms with Gasteiger partial charge in [0, 0.05) is 30.9 Å². The highest BCUT2D eigenvalue weighted by atomic mass is 16.1. The summed E-state index contributed by atoms with van der Waals surface area (Å²) >= 11 is 0. The monoisotopic (exact) mass is 333 g/mol. The van der Waals surface area contributed by atoms with Crippen LogP contribution in [0.3, 0.4) is 0 Å². The van der Waals surface area contributed by atoms with E-state index in [0.717, 1.165) is 0 Å². The zero-order valence-corrected chi connectivity index (χ0v) is 13.4. The minimum absolute atomic E-state index is 0.00395. The molecule has 0 unspecified atom stereocenters. The number of ketones is 1. The lowest BCUT2D eigenvalue weighted by atomic mass is 10.1. The van der Waals surface area contributed by atoms with E-state index in [1.54, 1.807) is 29.0 Å². The Morgan fingerprint density at radius 3 is 2.68 bits per heavy atom. The molecule has 7 heteroatoms. The molecule has 1 aliphatic rings. The molecule has 0 saturated carbocycles. The number of nitrogens with zero attached hydrogens (tertiary/aromatic N) is 5. The second-order valence-electron chi connectivity index (χ2n) is 5.74. The second-order valence-corrected chi connectivity index (χ2v) is 5.74. The van der Waals surface area contributed by atoms with Crippen LogP contribution < -0.4 is 10.5 Å². The molecule has 0 saturated heterocycles. The summed E-state index contributed by atoms with van der Waals surface area (Å²) in [5.74, 6) is 0.501. The summed E-state index contributed by atoms with van der Waals surface area (Å²) in [4.78, 5) is 39.3. The fraction of sp³-hybridized carbons (Fsp3) is 0.167. The smallest absolute Gasteiger partial charge is 0.255 e. The van der Waals surface area contributed by atoms with Crippen molar-refractivity contribution >= 4 is 11.7 Å². The first-order valence-electron chi connectivity index (χ1n) is 7.94. The van der Waals surface area contributed by atoms with Crippen LogP contribution in [0.15, 0.2) is 59.8 Å². The molecule has 124 valence electrons. The summed E-state index contributed by atoms with van der Waals surface area (Å²) in [6, 6.07) is 12.3. The predicted octanol–water partition coefficient (Wildman–Crippen LogP) is 1.40. The van der Waals surface area contributed by atoms with Crippen LogP contribution in [0.5, 0.6) is 0 Å². The number of carbonyl (C=O) groups excluding carboxylic acids is 1. The van der Waals surface area contributed by atoms with Gasteiger partial charge in [0.05, 0.1) is 17.9 Å². The van der Waals surface area contributed by atoms with Gasteiger partial charge in [-0.15, -0.1) is 0 Å². The Morgan fingerprint density at radius 1 is 1.08 bits per heavy atom. The maximum absolute atomic E-state index is 12.5. The van der Waals surface area contributed by atoms with Gasteiger partial charge in [0.2, 0.25) is 5.95 Å². The van der Waals surface area contributed by atoms with Gasteiger partial charge in [-0.05, 0) is 6.07 Å². The molecule has 0 fully saturated rings. The lowest BCUT2D eigenvalue weighted by molar-refractivity contribution is 0.0999. The molecule has 0 N–H and O–H groups in total. The Kier molecular flexibility index (Phi) is 3.81. The molecule has 2 aromatic heterocycles. The standard InChI is InChI=1S/C18H15N5O2/c24-16(13-4-2-1-3-5-13)11-22-8-9-23-17(25)10-15(21-18(22)23)14-6-7-19-12-20-14/h1-7,10,12H,8-9,11H2. The summed E-state index contributed by atoms with van der Waals surface area (Å²) < 4.78 is 1.59. The van der Waals surface area contributed by atoms with E-state index < -0.39 is 0 Å². The van der Waals surface area contributed by atoms with Crippen LogP contribution in [0.2, 0.25) is 0 Å². The summed E-state index contributed by atoms with van der Waals surface area (Å²) in [5.41, 5.74) is 1.57. The molecule has 4 rings (SSSR count). The van der Waals surface area contributed by atoms with Gasteiger partial charge < -0.3 is 4.90 Å². The molecule has 0 bridgehead atoms. The van der Waals surface area contributed by atoms with Gasteiger partial charge in [0.25, 0.3) is 5.56 Å². The van der Waals surface area contributed by atoms with E-state index in [4.69, 9.17) is 0 Å². The van der Waals surface area contributed by atoms with Crippen molar-refractivity contribution in [1.82, 2.24) is 19.5 Å². The molecule has 0 amide bonds. The first kappa shape index (κ1) is 15.2. The van der Waals surface area contributed by atoms with Crippen LogP contribution in [0.1, 0.15) is 10.4 Å². The molecule has 25 heavy (non-hydrogen) atoms. The van der Waals surface area contributed by atoms with Crippen LogP contribution in [0, 0.1) is 0 Å². The highest BCUT2D eigenvalue weighted by Gasteiger charge is 2.25. The molecular formula is C18H15N5O2. The Bertz CT molecular complexity index is 970. The van der Waals surface area contributed by atoms with Crippen molar-refractivity contribution in [3.63, 3.8) is 0 Å². The van der Waals surface area contributed by atoms with E-state index in [-0.39, 0.29) is 17.9 Å². The number of hydrogen-bond acceptors (Lipinski definition) is 6. The Hall–Kier alpha value is -3.35. The zero-order chi connectivity index (χ0) is 17.2. The van der Waals surface area contributed by atoms with Crippen LogP contribution >= 0.6 is 0 Å². The SMILES string of the molecule is O=C(CN1CCn2c1nc(-c1ccncn1)cc2=O)c1ccccc1. The Labute approximate surface area is 143 Å². The molecule has 3 aromatic rings. The molecule has 1 aliphatic heterocycles. The lowest BCUT2D eigenvalue weighted by Crippen LogP contribution is -2.29. The van der Waals surface area contributed by atoms with Crippen molar-refractivity contribution in [3.05, 3.63) is 70.9 Å². The maximum Gasteiger partial charge on any atom is 0.255 e. The first-order valence-corrected chi connectivity index (χ1v) is 7.94. The number of fused-ring (bicyclic) bond motifs is 1.